The molecule has 1 aromatic carbocycles. The summed E-state index contributed by atoms with van der Waals surface area (Å²) in [6.45, 7) is 6.06. The third-order valence-electron chi connectivity index (χ3n) is 3.98. The average molecular weight is 425 g/mol. The summed E-state index contributed by atoms with van der Waals surface area (Å²) in [4.78, 5) is 28.8. The Hall–Kier alpha value is -2.19. The first-order valence-corrected chi connectivity index (χ1v) is 9.40. The summed E-state index contributed by atoms with van der Waals surface area (Å²) in [7, 11) is 0. The SMILES string of the molecule is C=CCN[C@H](C(=O)NC/C=C/Cn1cnc2cc(Cl)c(Cl)cc2c1=O)[C@@H](C)O. The number of hydrogen-bond acceptors (Lipinski definition) is 5. The predicted octanol–water partition coefficient (Wildman–Crippen LogP) is 1.90. The third-order valence-corrected chi connectivity index (χ3v) is 4.70. The Labute approximate surface area is 172 Å². The van der Waals surface area contributed by atoms with Gasteiger partial charge in [0.25, 0.3) is 5.56 Å². The summed E-state index contributed by atoms with van der Waals surface area (Å²) in [5.74, 6) is -0.322. The Bertz CT molecular complexity index is 941. The van der Waals surface area contributed by atoms with Gasteiger partial charge in [0, 0.05) is 19.6 Å². The van der Waals surface area contributed by atoms with Gasteiger partial charge in [0.15, 0.2) is 0 Å². The van der Waals surface area contributed by atoms with E-state index in [9.17, 15) is 14.7 Å². The minimum atomic E-state index is -0.841. The van der Waals surface area contributed by atoms with E-state index in [4.69, 9.17) is 23.2 Å². The molecule has 1 amide bonds. The summed E-state index contributed by atoms with van der Waals surface area (Å²) >= 11 is 11.9. The van der Waals surface area contributed by atoms with Crippen molar-refractivity contribution in [2.45, 2.75) is 25.6 Å². The largest absolute Gasteiger partial charge is 0.391 e. The molecule has 0 aliphatic carbocycles. The van der Waals surface area contributed by atoms with E-state index in [0.717, 1.165) is 0 Å². The molecular weight excluding hydrogens is 403 g/mol. The average Bonchev–Trinajstić information content (AvgIpc) is 2.65. The number of nitrogens with zero attached hydrogens (tertiary/aromatic N) is 2. The first-order chi connectivity index (χ1) is 13.3. The van der Waals surface area contributed by atoms with Crippen LogP contribution in [0.25, 0.3) is 10.9 Å². The molecule has 3 N–H and O–H groups in total. The molecule has 9 heteroatoms. The first-order valence-electron chi connectivity index (χ1n) is 8.64. The lowest BCUT2D eigenvalue weighted by molar-refractivity contribution is -0.125. The highest BCUT2D eigenvalue weighted by Crippen LogP contribution is 2.24. The topological polar surface area (TPSA) is 96.3 Å². The molecule has 0 saturated heterocycles. The van der Waals surface area contributed by atoms with Gasteiger partial charge >= 0.3 is 0 Å². The van der Waals surface area contributed by atoms with E-state index in [1.807, 2.05) is 0 Å². The van der Waals surface area contributed by atoms with Crippen LogP contribution >= 0.6 is 23.2 Å². The molecule has 2 atom stereocenters. The van der Waals surface area contributed by atoms with Gasteiger partial charge in [0.1, 0.15) is 6.04 Å². The molecule has 0 saturated carbocycles. The molecular formula is C19H22Cl2N4O3. The van der Waals surface area contributed by atoms with E-state index in [1.165, 1.54) is 23.9 Å². The molecule has 0 bridgehead atoms. The van der Waals surface area contributed by atoms with E-state index in [1.54, 1.807) is 24.3 Å². The molecule has 2 aromatic rings. The van der Waals surface area contributed by atoms with E-state index in [-0.39, 0.29) is 24.6 Å². The quantitative estimate of drug-likeness (QED) is 0.534. The van der Waals surface area contributed by atoms with Crippen LogP contribution in [0.3, 0.4) is 0 Å². The summed E-state index contributed by atoms with van der Waals surface area (Å²) in [6, 6.07) is 2.33. The second-order valence-corrected chi connectivity index (χ2v) is 6.93. The molecule has 0 aliphatic heterocycles. The zero-order valence-corrected chi connectivity index (χ0v) is 16.9. The van der Waals surface area contributed by atoms with Gasteiger partial charge in [-0.25, -0.2) is 4.98 Å². The molecule has 28 heavy (non-hydrogen) atoms. The number of aliphatic hydroxyl groups is 1. The van der Waals surface area contributed by atoms with Crippen molar-refractivity contribution < 1.29 is 9.90 Å². The van der Waals surface area contributed by atoms with Gasteiger partial charge in [-0.3, -0.25) is 14.2 Å². The maximum Gasteiger partial charge on any atom is 0.261 e. The lowest BCUT2D eigenvalue weighted by Crippen LogP contribution is -2.50. The lowest BCUT2D eigenvalue weighted by Gasteiger charge is -2.19. The number of carbonyl (C=O) groups excluding carboxylic acids is 1. The number of benzene rings is 1. The monoisotopic (exact) mass is 424 g/mol. The fourth-order valence-electron chi connectivity index (χ4n) is 2.52. The maximum absolute atomic E-state index is 12.5. The second-order valence-electron chi connectivity index (χ2n) is 6.12. The number of carbonyl (C=O) groups is 1. The van der Waals surface area contributed by atoms with Crippen molar-refractivity contribution in [3.8, 4) is 0 Å². The van der Waals surface area contributed by atoms with Crippen molar-refractivity contribution >= 4 is 40.0 Å². The molecule has 0 fully saturated rings. The zero-order chi connectivity index (χ0) is 20.7. The van der Waals surface area contributed by atoms with E-state index in [0.29, 0.717) is 27.5 Å². The molecule has 0 radical (unpaired) electrons. The highest BCUT2D eigenvalue weighted by molar-refractivity contribution is 6.42. The molecule has 150 valence electrons. The summed E-state index contributed by atoms with van der Waals surface area (Å²) in [6.07, 6.45) is 5.66. The number of hydrogen-bond donors (Lipinski definition) is 3. The highest BCUT2D eigenvalue weighted by Gasteiger charge is 2.21. The Morgan fingerprint density at radius 1 is 1.32 bits per heavy atom. The minimum absolute atomic E-state index is 0.236. The Balaban J connectivity index is 1.97. The van der Waals surface area contributed by atoms with Crippen molar-refractivity contribution in [3.63, 3.8) is 0 Å². The zero-order valence-electron chi connectivity index (χ0n) is 15.4. The number of amides is 1. The molecule has 2 rings (SSSR count). The number of rotatable bonds is 9. The Morgan fingerprint density at radius 2 is 2.04 bits per heavy atom. The first kappa shape index (κ1) is 22.1. The number of fused-ring (bicyclic) bond motifs is 1. The smallest absolute Gasteiger partial charge is 0.261 e. The minimum Gasteiger partial charge on any atom is -0.391 e. The van der Waals surface area contributed by atoms with Crippen molar-refractivity contribution in [1.29, 1.82) is 0 Å². The standard InChI is InChI=1S/C19H22Cl2N4O3/c1-3-6-22-17(12(2)26)18(27)23-7-4-5-8-25-11-24-16-10-15(21)14(20)9-13(16)19(25)28/h3-5,9-12,17,22,26H,1,6-8H2,2H3,(H,23,27)/b5-4+/t12-,17+/m1/s1. The number of nitrogens with one attached hydrogen (secondary N) is 2. The molecule has 7 nitrogen and oxygen atoms in total. The van der Waals surface area contributed by atoms with Crippen molar-refractivity contribution in [3.05, 3.63) is 63.7 Å². The van der Waals surface area contributed by atoms with E-state index >= 15 is 0 Å². The van der Waals surface area contributed by atoms with Crippen LogP contribution in [-0.2, 0) is 11.3 Å². The van der Waals surface area contributed by atoms with Gasteiger partial charge in [0.2, 0.25) is 5.91 Å². The van der Waals surface area contributed by atoms with Crippen LogP contribution in [0.1, 0.15) is 6.92 Å². The van der Waals surface area contributed by atoms with Gasteiger partial charge in [-0.1, -0.05) is 41.4 Å². The summed E-state index contributed by atoms with van der Waals surface area (Å²) in [5, 5.41) is 16.3. The fraction of sp³-hybridized carbons (Fsp3) is 0.316. The van der Waals surface area contributed by atoms with Crippen LogP contribution < -0.4 is 16.2 Å². The Kier molecular flexibility index (Phi) is 8.19. The number of aliphatic hydroxyl groups excluding tert-OH is 1. The molecule has 0 spiro atoms. The van der Waals surface area contributed by atoms with Crippen LogP contribution in [0.15, 0.2) is 48.1 Å². The van der Waals surface area contributed by atoms with Crippen LogP contribution in [0, 0.1) is 0 Å². The van der Waals surface area contributed by atoms with Crippen LogP contribution in [0.5, 0.6) is 0 Å². The lowest BCUT2D eigenvalue weighted by atomic mass is 10.1. The van der Waals surface area contributed by atoms with E-state index < -0.39 is 12.1 Å². The normalized spacial score (nSPS) is 13.6. The fourth-order valence-corrected chi connectivity index (χ4v) is 2.84. The third kappa shape index (κ3) is 5.65. The van der Waals surface area contributed by atoms with Crippen LogP contribution in [0.4, 0.5) is 0 Å². The van der Waals surface area contributed by atoms with Gasteiger partial charge in [-0.2, -0.15) is 0 Å². The maximum atomic E-state index is 12.5. The molecule has 0 unspecified atom stereocenters. The van der Waals surface area contributed by atoms with Crippen molar-refractivity contribution in [2.75, 3.05) is 13.1 Å². The van der Waals surface area contributed by atoms with Crippen molar-refractivity contribution in [1.82, 2.24) is 20.2 Å². The van der Waals surface area contributed by atoms with E-state index in [2.05, 4.69) is 22.2 Å². The van der Waals surface area contributed by atoms with Gasteiger partial charge in [-0.05, 0) is 19.1 Å². The van der Waals surface area contributed by atoms with Gasteiger partial charge in [0.05, 0.1) is 33.4 Å². The molecule has 1 heterocycles. The Morgan fingerprint density at radius 3 is 2.71 bits per heavy atom. The second kappa shape index (κ2) is 10.4. The van der Waals surface area contributed by atoms with Crippen molar-refractivity contribution in [2.24, 2.45) is 0 Å². The molecule has 1 aromatic heterocycles. The summed E-state index contributed by atoms with van der Waals surface area (Å²) in [5.41, 5.74) is 0.239. The molecule has 0 aliphatic rings. The number of allylic oxidation sites excluding steroid dienone is 1. The van der Waals surface area contributed by atoms with Crippen LogP contribution in [-0.4, -0.2) is 45.8 Å². The predicted molar refractivity (Wildman–Crippen MR) is 112 cm³/mol. The number of aromatic nitrogens is 2. The van der Waals surface area contributed by atoms with Crippen LogP contribution in [0.2, 0.25) is 10.0 Å². The van der Waals surface area contributed by atoms with Gasteiger partial charge in [-0.15, -0.1) is 6.58 Å². The number of halogens is 2. The van der Waals surface area contributed by atoms with Gasteiger partial charge < -0.3 is 15.7 Å². The highest BCUT2D eigenvalue weighted by atomic mass is 35.5. The summed E-state index contributed by atoms with van der Waals surface area (Å²) < 4.78 is 1.43.